The highest BCUT2D eigenvalue weighted by Crippen LogP contribution is 2.51. The molecule has 73 heavy (non-hydrogen) atoms. The molecule has 8 heterocycles. The third kappa shape index (κ3) is 14.9. The Hall–Kier alpha value is -4.09. The van der Waals surface area contributed by atoms with Crippen LogP contribution < -0.4 is 0 Å². The number of hydrogen-bond donors (Lipinski definition) is 1. The van der Waals surface area contributed by atoms with Gasteiger partial charge in [-0.2, -0.15) is 0 Å². The Morgan fingerprint density at radius 2 is 1.21 bits per heavy atom. The Labute approximate surface area is 432 Å². The molecule has 25 nitrogen and oxygen atoms in total. The highest BCUT2D eigenvalue weighted by atomic mass is 31.2. The Balaban J connectivity index is 0.000000244. The molecule has 4 aromatic heterocycles. The van der Waals surface area contributed by atoms with Crippen LogP contribution in [0, 0.1) is 6.57 Å². The lowest BCUT2D eigenvalue weighted by atomic mass is 10.1. The van der Waals surface area contributed by atoms with Gasteiger partial charge in [0.1, 0.15) is 55.9 Å². The molecule has 0 radical (unpaired) electrons. The Morgan fingerprint density at radius 3 is 1.66 bits per heavy atom. The molecule has 4 saturated heterocycles. The fourth-order valence-corrected chi connectivity index (χ4v) is 10.6. The molecule has 4 fully saturated rings. The number of morpholine rings is 2. The maximum absolute atomic E-state index is 10.8. The van der Waals surface area contributed by atoms with Gasteiger partial charge in [0.25, 0.3) is 8.53 Å². The van der Waals surface area contributed by atoms with E-state index in [1.807, 2.05) is 49.2 Å². The lowest BCUT2D eigenvalue weighted by Crippen LogP contribution is -2.46. The van der Waals surface area contributed by atoms with Crippen molar-refractivity contribution in [2.24, 2.45) is 9.98 Å². The molecule has 0 amide bonds. The van der Waals surface area contributed by atoms with Gasteiger partial charge in [-0.05, 0) is 27.7 Å². The van der Waals surface area contributed by atoms with Crippen molar-refractivity contribution in [2.75, 3.05) is 128 Å². The standard InChI is InChI=1S/C27H44N9O5P.C18H27N7O4.CH5P/c1-19(2)36(20(3)4)42(39-12-9-28-5)41-23-21(15-34-10-13-38-14-11-34)40-27(24(23)37-8)35-18-31-22-25(32-17-33(6)7)29-16-30-26(22)35;1-23(2)10-22-16-13-17(20-9-19-16)25(11-21-13)18-15(27-3)14(26)12(29-18)8-24-4-6-28-7-5-24;1-2/h16-21,23-24,27H,9-15H2,1-4,6-8H3;9-12,14-15,18,26H,4-8H2,1-3H3;2H2,1H3/t21-,23?,24+,27-,42?;12-,14?,15+,18-;/m11./s1. The second-order valence-electron chi connectivity index (χ2n) is 18.4. The van der Waals surface area contributed by atoms with Gasteiger partial charge in [-0.3, -0.25) is 18.9 Å². The first-order valence-corrected chi connectivity index (χ1v) is 26.8. The van der Waals surface area contributed by atoms with Crippen molar-refractivity contribution in [3.63, 3.8) is 0 Å². The molecule has 0 bridgehead atoms. The maximum Gasteiger partial charge on any atom is 0.259 e. The maximum atomic E-state index is 10.8. The van der Waals surface area contributed by atoms with Crippen LogP contribution in [0.5, 0.6) is 0 Å². The molecular formula is C46H76N16O9P2. The number of aliphatic imine (C=N–C) groups is 2. The van der Waals surface area contributed by atoms with Crippen molar-refractivity contribution in [3.05, 3.63) is 36.7 Å². The number of aliphatic hydroxyl groups is 1. The number of nitrogens with zero attached hydrogens (tertiary/aromatic N) is 16. The van der Waals surface area contributed by atoms with E-state index in [0.717, 1.165) is 26.2 Å². The lowest BCUT2D eigenvalue weighted by Gasteiger charge is -2.38. The second-order valence-corrected chi connectivity index (χ2v) is 19.8. The summed E-state index contributed by atoms with van der Waals surface area (Å²) < 4.78 is 54.7. The molecule has 4 aliphatic rings. The van der Waals surface area contributed by atoms with Gasteiger partial charge in [0, 0.05) is 93.8 Å². The molecule has 27 heteroatoms. The van der Waals surface area contributed by atoms with E-state index in [-0.39, 0.29) is 37.4 Å². The van der Waals surface area contributed by atoms with E-state index < -0.39 is 45.4 Å². The van der Waals surface area contributed by atoms with Crippen molar-refractivity contribution in [1.82, 2.24) is 63.3 Å². The molecule has 10 atom stereocenters. The van der Waals surface area contributed by atoms with Crippen LogP contribution in [0.15, 0.2) is 35.3 Å². The first-order valence-electron chi connectivity index (χ1n) is 24.5. The zero-order valence-corrected chi connectivity index (χ0v) is 46.2. The number of rotatable bonds is 20. The van der Waals surface area contributed by atoms with E-state index in [9.17, 15) is 5.11 Å². The fourth-order valence-electron chi connectivity index (χ4n) is 8.86. The first-order chi connectivity index (χ1) is 35.3. The molecule has 0 aromatic carbocycles. The van der Waals surface area contributed by atoms with E-state index in [1.165, 1.54) is 12.7 Å². The van der Waals surface area contributed by atoms with Gasteiger partial charge >= 0.3 is 0 Å². The molecule has 0 spiro atoms. The summed E-state index contributed by atoms with van der Waals surface area (Å²) in [5, 5.41) is 10.8. The van der Waals surface area contributed by atoms with Crippen molar-refractivity contribution >= 4 is 64.4 Å². The zero-order chi connectivity index (χ0) is 52.6. The minimum atomic E-state index is -1.52. The van der Waals surface area contributed by atoms with Crippen LogP contribution in [0.25, 0.3) is 27.2 Å². The van der Waals surface area contributed by atoms with Crippen LogP contribution in [0.4, 0.5) is 11.6 Å². The summed E-state index contributed by atoms with van der Waals surface area (Å²) in [5.41, 5.74) is 2.31. The zero-order valence-electron chi connectivity index (χ0n) is 44.1. The highest BCUT2D eigenvalue weighted by Gasteiger charge is 2.51. The Bertz CT molecular complexity index is 2370. The van der Waals surface area contributed by atoms with Crippen molar-refractivity contribution < 1.29 is 42.6 Å². The van der Waals surface area contributed by atoms with Gasteiger partial charge in [0.2, 0.25) is 6.54 Å². The van der Waals surface area contributed by atoms with Gasteiger partial charge < -0.3 is 57.2 Å². The minimum Gasteiger partial charge on any atom is -0.387 e. The second kappa shape index (κ2) is 28.7. The van der Waals surface area contributed by atoms with E-state index in [2.05, 4.69) is 96.1 Å². The van der Waals surface area contributed by atoms with Crippen LogP contribution in [0.3, 0.4) is 0 Å². The summed E-state index contributed by atoms with van der Waals surface area (Å²) in [6.07, 6.45) is 5.50. The van der Waals surface area contributed by atoms with Crippen LogP contribution in [-0.2, 0) is 37.5 Å². The average molecular weight is 1060 g/mol. The number of methoxy groups -OCH3 is 2. The smallest absolute Gasteiger partial charge is 0.259 e. The van der Waals surface area contributed by atoms with Gasteiger partial charge in [0.15, 0.2) is 46.4 Å². The number of hydrogen-bond acceptors (Lipinski definition) is 20. The van der Waals surface area contributed by atoms with E-state index in [0.29, 0.717) is 73.5 Å². The number of fused-ring (bicyclic) bond motifs is 2. The minimum absolute atomic E-state index is 0.163. The van der Waals surface area contributed by atoms with Gasteiger partial charge in [-0.1, -0.05) is 6.66 Å². The Morgan fingerprint density at radius 1 is 0.740 bits per heavy atom. The molecule has 404 valence electrons. The summed E-state index contributed by atoms with van der Waals surface area (Å²) in [6.45, 7) is 25.4. The molecular weight excluding hydrogens is 983 g/mol. The quantitative estimate of drug-likeness (QED) is 0.0441. The van der Waals surface area contributed by atoms with Gasteiger partial charge in [-0.15, -0.1) is 9.24 Å². The highest BCUT2D eigenvalue weighted by molar-refractivity contribution is 7.44. The van der Waals surface area contributed by atoms with Gasteiger partial charge in [-0.25, -0.2) is 51.1 Å². The molecule has 1 N–H and O–H groups in total. The molecule has 0 aliphatic carbocycles. The van der Waals surface area contributed by atoms with Crippen LogP contribution in [0.1, 0.15) is 40.2 Å². The predicted molar refractivity (Wildman–Crippen MR) is 281 cm³/mol. The van der Waals surface area contributed by atoms with Crippen LogP contribution >= 0.6 is 17.8 Å². The summed E-state index contributed by atoms with van der Waals surface area (Å²) in [5.74, 6) is 0.943. The number of aliphatic hydroxyl groups excluding tert-OH is 1. The molecule has 4 aromatic rings. The van der Waals surface area contributed by atoms with Crippen LogP contribution in [-0.4, -0.2) is 258 Å². The Kier molecular flexibility index (Phi) is 22.9. The van der Waals surface area contributed by atoms with E-state index in [1.54, 1.807) is 44.1 Å². The van der Waals surface area contributed by atoms with E-state index >= 15 is 0 Å². The third-order valence-electron chi connectivity index (χ3n) is 12.1. The lowest BCUT2D eigenvalue weighted by molar-refractivity contribution is -0.0604. The van der Waals surface area contributed by atoms with Crippen molar-refractivity contribution in [2.45, 2.75) is 88.9 Å². The summed E-state index contributed by atoms with van der Waals surface area (Å²) in [4.78, 5) is 47.0. The van der Waals surface area contributed by atoms with Gasteiger partial charge in [0.05, 0.1) is 51.8 Å². The summed E-state index contributed by atoms with van der Waals surface area (Å²) >= 11 is 0. The SMILES string of the molecule is CO[C@H]1C(O)[C@@H](CN2CCOCC2)O[C@H]1n1cnc2c(N=CN(C)C)ncnc21.CP.[C-]#[N+]CCOP(OC1[C@@H](CN2CCOCC2)O[C@@H](n2cnc3c(N=CN(C)C)ncnc32)[C@H]1OC)N(C(C)C)C(C)C. The number of aromatic nitrogens is 8. The summed E-state index contributed by atoms with van der Waals surface area (Å²) in [7, 11) is 11.7. The van der Waals surface area contributed by atoms with Crippen molar-refractivity contribution in [1.29, 1.82) is 0 Å². The largest absolute Gasteiger partial charge is 0.387 e. The predicted octanol–water partition coefficient (Wildman–Crippen LogP) is 3.10. The van der Waals surface area contributed by atoms with Crippen LogP contribution in [0.2, 0.25) is 0 Å². The topological polar surface area (TPSA) is 227 Å². The summed E-state index contributed by atoms with van der Waals surface area (Å²) in [6, 6.07) is 0.326. The molecule has 8 rings (SSSR count). The first kappa shape index (κ1) is 58.2. The number of ether oxygens (including phenoxy) is 6. The molecule has 0 saturated carbocycles. The monoisotopic (exact) mass is 1060 g/mol. The fraction of sp³-hybridized carbons (Fsp3) is 0.717. The number of imidazole rings is 2. The van der Waals surface area contributed by atoms with E-state index in [4.69, 9.17) is 44.0 Å². The third-order valence-corrected chi connectivity index (χ3v) is 14.3. The van der Waals surface area contributed by atoms with Crippen molar-refractivity contribution in [3.8, 4) is 0 Å². The normalized spacial score (nSPS) is 25.5. The molecule has 4 unspecified atom stereocenters. The molecule has 4 aliphatic heterocycles. The average Bonchev–Trinajstić information content (AvgIpc) is 4.17.